The number of amides is 1. The maximum Gasteiger partial charge on any atom is 0.227 e. The van der Waals surface area contributed by atoms with Crippen molar-refractivity contribution < 1.29 is 4.79 Å². The normalized spacial score (nSPS) is 14.1. The number of nitrogens with one attached hydrogen (secondary N) is 1. The molecule has 0 spiro atoms. The molecule has 0 aromatic heterocycles. The largest absolute Gasteiger partial charge is 0.352 e. The van der Waals surface area contributed by atoms with E-state index in [4.69, 9.17) is 17.3 Å². The Morgan fingerprint density at radius 2 is 2.00 bits per heavy atom. The van der Waals surface area contributed by atoms with Gasteiger partial charge in [-0.25, -0.2) is 0 Å². The molecule has 0 aliphatic heterocycles. The molecule has 1 amide bonds. The van der Waals surface area contributed by atoms with Gasteiger partial charge in [0.25, 0.3) is 0 Å². The Bertz CT molecular complexity index is 372. The Kier molecular flexibility index (Phi) is 4.97. The number of halogens is 1. The third-order valence-corrected chi connectivity index (χ3v) is 3.40. The summed E-state index contributed by atoms with van der Waals surface area (Å²) < 4.78 is 0. The van der Waals surface area contributed by atoms with E-state index in [0.717, 1.165) is 12.0 Å². The Labute approximate surface area is 107 Å². The summed E-state index contributed by atoms with van der Waals surface area (Å²) in [4.78, 5) is 12.0. The molecule has 0 fully saturated rings. The number of rotatable bonds is 5. The van der Waals surface area contributed by atoms with E-state index >= 15 is 0 Å². The highest BCUT2D eigenvalue weighted by atomic mass is 35.5. The first-order chi connectivity index (χ1) is 8.01. The summed E-state index contributed by atoms with van der Waals surface area (Å²) in [5.41, 5.74) is 6.18. The lowest BCUT2D eigenvalue weighted by atomic mass is 9.86. The smallest absolute Gasteiger partial charge is 0.227 e. The van der Waals surface area contributed by atoms with E-state index in [-0.39, 0.29) is 5.91 Å². The minimum absolute atomic E-state index is 0.00236. The topological polar surface area (TPSA) is 55.1 Å². The second-order valence-corrected chi connectivity index (χ2v) is 4.86. The molecule has 3 nitrogen and oxygen atoms in total. The quantitative estimate of drug-likeness (QED) is 0.847. The second kappa shape index (κ2) is 6.03. The summed E-state index contributed by atoms with van der Waals surface area (Å²) in [7, 11) is 0. The van der Waals surface area contributed by atoms with E-state index in [1.54, 1.807) is 0 Å². The van der Waals surface area contributed by atoms with Gasteiger partial charge >= 0.3 is 0 Å². The van der Waals surface area contributed by atoms with E-state index in [0.29, 0.717) is 18.1 Å². The highest BCUT2D eigenvalue weighted by molar-refractivity contribution is 6.30. The van der Waals surface area contributed by atoms with Crippen LogP contribution in [0.15, 0.2) is 24.3 Å². The van der Waals surface area contributed by atoms with Crippen molar-refractivity contribution in [1.82, 2.24) is 5.32 Å². The number of carbonyl (C=O) groups is 1. The van der Waals surface area contributed by atoms with Crippen LogP contribution in [0.5, 0.6) is 0 Å². The first-order valence-corrected chi connectivity index (χ1v) is 6.12. The van der Waals surface area contributed by atoms with Crippen molar-refractivity contribution in [2.45, 2.75) is 26.8 Å². The van der Waals surface area contributed by atoms with Crippen LogP contribution < -0.4 is 11.1 Å². The molecule has 1 rings (SSSR count). The molecule has 1 aromatic rings. The summed E-state index contributed by atoms with van der Waals surface area (Å²) in [6.07, 6.45) is 0.732. The van der Waals surface area contributed by atoms with Crippen molar-refractivity contribution >= 4 is 17.5 Å². The van der Waals surface area contributed by atoms with Crippen molar-refractivity contribution in [2.24, 2.45) is 11.1 Å². The predicted molar refractivity (Wildman–Crippen MR) is 70.8 cm³/mol. The number of benzene rings is 1. The van der Waals surface area contributed by atoms with Crippen LogP contribution in [0.25, 0.3) is 0 Å². The molecular weight excluding hydrogens is 236 g/mol. The average Bonchev–Trinajstić information content (AvgIpc) is 2.36. The molecule has 94 valence electrons. The highest BCUT2D eigenvalue weighted by Crippen LogP contribution is 2.19. The Balaban J connectivity index is 2.56. The molecule has 3 N–H and O–H groups in total. The van der Waals surface area contributed by atoms with Gasteiger partial charge in [-0.2, -0.15) is 0 Å². The van der Waals surface area contributed by atoms with Crippen molar-refractivity contribution in [3.05, 3.63) is 34.9 Å². The highest BCUT2D eigenvalue weighted by Gasteiger charge is 2.29. The summed E-state index contributed by atoms with van der Waals surface area (Å²) in [5, 5.41) is 3.59. The van der Waals surface area contributed by atoms with Gasteiger partial charge in [0.1, 0.15) is 0 Å². The molecule has 0 saturated carbocycles. The molecule has 0 bridgehead atoms. The zero-order chi connectivity index (χ0) is 12.9. The van der Waals surface area contributed by atoms with Crippen LogP contribution in [0.3, 0.4) is 0 Å². The molecule has 0 heterocycles. The molecule has 4 heteroatoms. The molecule has 0 aliphatic rings. The molecule has 0 radical (unpaired) electrons. The van der Waals surface area contributed by atoms with Crippen molar-refractivity contribution in [3.8, 4) is 0 Å². The van der Waals surface area contributed by atoms with Crippen LogP contribution in [0.4, 0.5) is 0 Å². The van der Waals surface area contributed by atoms with Crippen LogP contribution >= 0.6 is 11.6 Å². The lowest BCUT2D eigenvalue weighted by Gasteiger charge is -2.24. The van der Waals surface area contributed by atoms with Crippen LogP contribution in [-0.4, -0.2) is 12.5 Å². The van der Waals surface area contributed by atoms with Gasteiger partial charge in [0, 0.05) is 18.1 Å². The molecular formula is C13H19ClN2O. The van der Waals surface area contributed by atoms with E-state index < -0.39 is 5.41 Å². The zero-order valence-corrected chi connectivity index (χ0v) is 11.1. The SMILES string of the molecule is CCC(C)(CN)C(=O)NCc1ccc(Cl)cc1. The fraction of sp³-hybridized carbons (Fsp3) is 0.462. The zero-order valence-electron chi connectivity index (χ0n) is 10.3. The van der Waals surface area contributed by atoms with Crippen molar-refractivity contribution in [1.29, 1.82) is 0 Å². The van der Waals surface area contributed by atoms with E-state index in [1.807, 2.05) is 38.1 Å². The molecule has 17 heavy (non-hydrogen) atoms. The van der Waals surface area contributed by atoms with Gasteiger partial charge in [0.2, 0.25) is 5.91 Å². The van der Waals surface area contributed by atoms with Gasteiger partial charge < -0.3 is 11.1 Å². The minimum atomic E-state index is -0.480. The lowest BCUT2D eigenvalue weighted by Crippen LogP contribution is -2.43. The Hall–Kier alpha value is -1.06. The second-order valence-electron chi connectivity index (χ2n) is 4.43. The molecule has 0 aliphatic carbocycles. The number of carbonyl (C=O) groups excluding carboxylic acids is 1. The third kappa shape index (κ3) is 3.72. The molecule has 1 unspecified atom stereocenters. The van der Waals surface area contributed by atoms with Gasteiger partial charge in [0.15, 0.2) is 0 Å². The van der Waals surface area contributed by atoms with Crippen molar-refractivity contribution in [2.75, 3.05) is 6.54 Å². The fourth-order valence-corrected chi connectivity index (χ4v) is 1.52. The third-order valence-electron chi connectivity index (χ3n) is 3.15. The minimum Gasteiger partial charge on any atom is -0.352 e. The molecule has 1 aromatic carbocycles. The fourth-order valence-electron chi connectivity index (χ4n) is 1.40. The van der Waals surface area contributed by atoms with Gasteiger partial charge in [-0.3, -0.25) is 4.79 Å². The number of nitrogens with two attached hydrogens (primary N) is 1. The maximum absolute atomic E-state index is 12.0. The number of hydrogen-bond donors (Lipinski definition) is 2. The number of hydrogen-bond acceptors (Lipinski definition) is 2. The average molecular weight is 255 g/mol. The monoisotopic (exact) mass is 254 g/mol. The van der Waals surface area contributed by atoms with Crippen LogP contribution in [0.2, 0.25) is 5.02 Å². The van der Waals surface area contributed by atoms with Crippen LogP contribution in [-0.2, 0) is 11.3 Å². The Morgan fingerprint density at radius 3 is 2.47 bits per heavy atom. The summed E-state index contributed by atoms with van der Waals surface area (Å²) >= 11 is 5.79. The molecule has 0 saturated heterocycles. The van der Waals surface area contributed by atoms with Gasteiger partial charge in [-0.05, 0) is 31.0 Å². The van der Waals surface area contributed by atoms with Crippen LogP contribution in [0, 0.1) is 5.41 Å². The first kappa shape index (κ1) is 14.0. The van der Waals surface area contributed by atoms with E-state index in [2.05, 4.69) is 5.32 Å². The van der Waals surface area contributed by atoms with E-state index in [1.165, 1.54) is 0 Å². The Morgan fingerprint density at radius 1 is 1.41 bits per heavy atom. The van der Waals surface area contributed by atoms with Crippen molar-refractivity contribution in [3.63, 3.8) is 0 Å². The van der Waals surface area contributed by atoms with E-state index in [9.17, 15) is 4.79 Å². The van der Waals surface area contributed by atoms with Gasteiger partial charge in [0.05, 0.1) is 5.41 Å². The first-order valence-electron chi connectivity index (χ1n) is 5.74. The van der Waals surface area contributed by atoms with Gasteiger partial charge in [-0.1, -0.05) is 30.7 Å². The summed E-state index contributed by atoms with van der Waals surface area (Å²) in [6, 6.07) is 7.42. The predicted octanol–water partition coefficient (Wildman–Crippen LogP) is 2.33. The standard InChI is InChI=1S/C13H19ClN2O/c1-3-13(2,9-15)12(17)16-8-10-4-6-11(14)7-5-10/h4-7H,3,8-9,15H2,1-2H3,(H,16,17). The maximum atomic E-state index is 12.0. The van der Waals surface area contributed by atoms with Crippen LogP contribution in [0.1, 0.15) is 25.8 Å². The molecule has 1 atom stereocenters. The lowest BCUT2D eigenvalue weighted by molar-refractivity contribution is -0.130. The summed E-state index contributed by atoms with van der Waals surface area (Å²) in [5.74, 6) is -0.00236. The van der Waals surface area contributed by atoms with Gasteiger partial charge in [-0.15, -0.1) is 0 Å². The summed E-state index contributed by atoms with van der Waals surface area (Å²) in [6.45, 7) is 4.71.